The predicted octanol–water partition coefficient (Wildman–Crippen LogP) is 2.19. The fourth-order valence-corrected chi connectivity index (χ4v) is 2.52. The van der Waals surface area contributed by atoms with E-state index in [1.807, 2.05) is 6.92 Å². The molecule has 0 saturated carbocycles. The third-order valence-corrected chi connectivity index (χ3v) is 3.76. The zero-order valence-electron chi connectivity index (χ0n) is 14.9. The Morgan fingerprint density at radius 1 is 1.31 bits per heavy atom. The van der Waals surface area contributed by atoms with Gasteiger partial charge in [0, 0.05) is 17.8 Å². The van der Waals surface area contributed by atoms with Gasteiger partial charge in [0.05, 0.1) is 4.92 Å². The number of carbonyl (C=O) groups is 2. The number of amides is 2. The standard InChI is InChI=1S/C17H21N5O4/c1-4-8-18-17(24)13-6-5-7-14(9-13)19-15(23)10-21-12(3)16(22(25)26)11(2)20-21/h5-7,9H,4,8,10H2,1-3H3,(H,18,24)(H,19,23). The van der Waals surface area contributed by atoms with Gasteiger partial charge in [-0.3, -0.25) is 24.4 Å². The van der Waals surface area contributed by atoms with E-state index in [0.29, 0.717) is 23.5 Å². The summed E-state index contributed by atoms with van der Waals surface area (Å²) < 4.78 is 1.29. The maximum atomic E-state index is 12.2. The number of rotatable bonds is 7. The van der Waals surface area contributed by atoms with Crippen molar-refractivity contribution in [2.24, 2.45) is 0 Å². The number of aryl methyl sites for hydroxylation is 1. The molecule has 0 fully saturated rings. The average Bonchev–Trinajstić information content (AvgIpc) is 2.86. The lowest BCUT2D eigenvalue weighted by molar-refractivity contribution is -0.386. The van der Waals surface area contributed by atoms with Gasteiger partial charge in [-0.15, -0.1) is 0 Å². The second-order valence-electron chi connectivity index (χ2n) is 5.82. The van der Waals surface area contributed by atoms with Crippen LogP contribution in [0.3, 0.4) is 0 Å². The Kier molecular flexibility index (Phi) is 6.05. The van der Waals surface area contributed by atoms with Gasteiger partial charge in [0.25, 0.3) is 5.91 Å². The third kappa shape index (κ3) is 4.44. The van der Waals surface area contributed by atoms with Crippen LogP contribution in [-0.4, -0.2) is 33.1 Å². The van der Waals surface area contributed by atoms with Gasteiger partial charge in [0.2, 0.25) is 5.91 Å². The summed E-state index contributed by atoms with van der Waals surface area (Å²) in [6.45, 7) is 5.45. The van der Waals surface area contributed by atoms with Crippen LogP contribution in [0.15, 0.2) is 24.3 Å². The summed E-state index contributed by atoms with van der Waals surface area (Å²) in [4.78, 5) is 34.7. The number of carbonyl (C=O) groups excluding carboxylic acids is 2. The molecule has 2 aromatic rings. The molecule has 1 aromatic heterocycles. The Hall–Kier alpha value is -3.23. The zero-order chi connectivity index (χ0) is 19.3. The molecule has 2 rings (SSSR count). The minimum Gasteiger partial charge on any atom is -0.352 e. The van der Waals surface area contributed by atoms with Crippen LogP contribution in [0.1, 0.15) is 35.1 Å². The smallest absolute Gasteiger partial charge is 0.312 e. The van der Waals surface area contributed by atoms with E-state index in [0.717, 1.165) is 6.42 Å². The number of nitro groups is 1. The molecular weight excluding hydrogens is 338 g/mol. The third-order valence-electron chi connectivity index (χ3n) is 3.76. The highest BCUT2D eigenvalue weighted by Crippen LogP contribution is 2.21. The molecule has 2 amide bonds. The fraction of sp³-hybridized carbons (Fsp3) is 0.353. The van der Waals surface area contributed by atoms with Crippen molar-refractivity contribution >= 4 is 23.2 Å². The van der Waals surface area contributed by atoms with Crippen molar-refractivity contribution < 1.29 is 14.5 Å². The van der Waals surface area contributed by atoms with Gasteiger partial charge in [-0.05, 0) is 38.5 Å². The Balaban J connectivity index is 2.08. The summed E-state index contributed by atoms with van der Waals surface area (Å²) in [5.41, 5.74) is 1.39. The second-order valence-corrected chi connectivity index (χ2v) is 5.82. The molecule has 138 valence electrons. The monoisotopic (exact) mass is 359 g/mol. The first kappa shape index (κ1) is 19.1. The van der Waals surface area contributed by atoms with Crippen molar-refractivity contribution in [2.45, 2.75) is 33.7 Å². The van der Waals surface area contributed by atoms with Crippen molar-refractivity contribution in [2.75, 3.05) is 11.9 Å². The molecular formula is C17H21N5O4. The molecule has 1 heterocycles. The minimum absolute atomic E-state index is 0.0904. The normalized spacial score (nSPS) is 10.4. The molecule has 0 bridgehead atoms. The number of nitrogens with one attached hydrogen (secondary N) is 2. The highest BCUT2D eigenvalue weighted by molar-refractivity contribution is 5.97. The van der Waals surface area contributed by atoms with Crippen LogP contribution in [0, 0.1) is 24.0 Å². The molecule has 26 heavy (non-hydrogen) atoms. The number of benzene rings is 1. The van der Waals surface area contributed by atoms with Crippen LogP contribution in [0.25, 0.3) is 0 Å². The summed E-state index contributed by atoms with van der Waals surface area (Å²) in [5.74, 6) is -0.603. The van der Waals surface area contributed by atoms with Crippen molar-refractivity contribution in [3.05, 3.63) is 51.3 Å². The minimum atomic E-state index is -0.509. The van der Waals surface area contributed by atoms with Crippen molar-refractivity contribution in [1.82, 2.24) is 15.1 Å². The fourth-order valence-electron chi connectivity index (χ4n) is 2.52. The topological polar surface area (TPSA) is 119 Å². The molecule has 0 unspecified atom stereocenters. The van der Waals surface area contributed by atoms with Crippen LogP contribution in [0.4, 0.5) is 11.4 Å². The van der Waals surface area contributed by atoms with Gasteiger partial charge >= 0.3 is 5.69 Å². The summed E-state index contributed by atoms with van der Waals surface area (Å²) in [6.07, 6.45) is 0.830. The summed E-state index contributed by atoms with van der Waals surface area (Å²) >= 11 is 0. The molecule has 0 aliphatic rings. The molecule has 0 saturated heterocycles. The number of aromatic nitrogens is 2. The van der Waals surface area contributed by atoms with Crippen molar-refractivity contribution in [1.29, 1.82) is 0 Å². The van der Waals surface area contributed by atoms with E-state index in [9.17, 15) is 19.7 Å². The number of hydrogen-bond donors (Lipinski definition) is 2. The first-order valence-electron chi connectivity index (χ1n) is 8.20. The number of anilines is 1. The van der Waals surface area contributed by atoms with E-state index in [4.69, 9.17) is 0 Å². The molecule has 9 nitrogen and oxygen atoms in total. The maximum Gasteiger partial charge on any atom is 0.312 e. The zero-order valence-corrected chi connectivity index (χ0v) is 14.9. The van der Waals surface area contributed by atoms with E-state index in [1.54, 1.807) is 31.2 Å². The molecule has 2 N–H and O–H groups in total. The van der Waals surface area contributed by atoms with Gasteiger partial charge in [0.15, 0.2) is 0 Å². The first-order valence-corrected chi connectivity index (χ1v) is 8.20. The largest absolute Gasteiger partial charge is 0.352 e. The maximum absolute atomic E-state index is 12.2. The van der Waals surface area contributed by atoms with Crippen LogP contribution >= 0.6 is 0 Å². The van der Waals surface area contributed by atoms with Gasteiger partial charge < -0.3 is 10.6 Å². The van der Waals surface area contributed by atoms with E-state index in [-0.39, 0.29) is 23.8 Å². The van der Waals surface area contributed by atoms with E-state index in [2.05, 4.69) is 15.7 Å². The lowest BCUT2D eigenvalue weighted by Gasteiger charge is -2.08. The van der Waals surface area contributed by atoms with Crippen molar-refractivity contribution in [3.63, 3.8) is 0 Å². The first-order chi connectivity index (χ1) is 12.3. The second kappa shape index (κ2) is 8.24. The Bertz CT molecular complexity index is 844. The lowest BCUT2D eigenvalue weighted by Crippen LogP contribution is -2.24. The SMILES string of the molecule is CCCNC(=O)c1cccc(NC(=O)Cn2nc(C)c([N+](=O)[O-])c2C)c1. The highest BCUT2D eigenvalue weighted by atomic mass is 16.6. The Morgan fingerprint density at radius 2 is 2.04 bits per heavy atom. The lowest BCUT2D eigenvalue weighted by atomic mass is 10.2. The van der Waals surface area contributed by atoms with Gasteiger partial charge in [-0.1, -0.05) is 13.0 Å². The molecule has 0 radical (unpaired) electrons. The van der Waals surface area contributed by atoms with E-state index in [1.165, 1.54) is 11.6 Å². The Morgan fingerprint density at radius 3 is 2.65 bits per heavy atom. The predicted molar refractivity (Wildman–Crippen MR) is 96.1 cm³/mol. The molecule has 0 aliphatic carbocycles. The molecule has 0 aliphatic heterocycles. The number of hydrogen-bond acceptors (Lipinski definition) is 5. The Labute approximate surface area is 150 Å². The summed E-state index contributed by atoms with van der Waals surface area (Å²) in [7, 11) is 0. The van der Waals surface area contributed by atoms with Crippen LogP contribution in [0.2, 0.25) is 0 Å². The van der Waals surface area contributed by atoms with Gasteiger partial charge in [0.1, 0.15) is 17.9 Å². The molecule has 1 aromatic carbocycles. The van der Waals surface area contributed by atoms with Crippen LogP contribution < -0.4 is 10.6 Å². The quantitative estimate of drug-likeness (QED) is 0.580. The average molecular weight is 359 g/mol. The van der Waals surface area contributed by atoms with Crippen LogP contribution in [0.5, 0.6) is 0 Å². The van der Waals surface area contributed by atoms with Crippen molar-refractivity contribution in [3.8, 4) is 0 Å². The molecule has 0 spiro atoms. The summed E-state index contributed by atoms with van der Waals surface area (Å²) in [5, 5.41) is 20.5. The highest BCUT2D eigenvalue weighted by Gasteiger charge is 2.22. The van der Waals surface area contributed by atoms with Crippen LogP contribution in [-0.2, 0) is 11.3 Å². The molecule has 0 atom stereocenters. The van der Waals surface area contributed by atoms with Gasteiger partial charge in [-0.2, -0.15) is 5.10 Å². The van der Waals surface area contributed by atoms with E-state index >= 15 is 0 Å². The van der Waals surface area contributed by atoms with E-state index < -0.39 is 10.8 Å². The summed E-state index contributed by atoms with van der Waals surface area (Å²) in [6, 6.07) is 6.57. The number of nitrogens with zero attached hydrogens (tertiary/aromatic N) is 3. The van der Waals surface area contributed by atoms with Gasteiger partial charge in [-0.25, -0.2) is 0 Å². The molecule has 9 heteroatoms.